The van der Waals surface area contributed by atoms with Crippen molar-refractivity contribution in [2.75, 3.05) is 25.5 Å². The maximum Gasteiger partial charge on any atom is 0.263 e. The number of hydrogen-bond donors (Lipinski definition) is 1. The maximum absolute atomic E-state index is 13.1. The number of hydrogen-bond acceptors (Lipinski definition) is 8. The molecule has 9 heteroatoms. The number of aromatic nitrogens is 4. The summed E-state index contributed by atoms with van der Waals surface area (Å²) in [7, 11) is 1.61. The Bertz CT molecular complexity index is 1060. The number of likely N-dealkylation sites (tertiary alicyclic amines) is 1. The van der Waals surface area contributed by atoms with Gasteiger partial charge in [-0.3, -0.25) is 14.8 Å². The van der Waals surface area contributed by atoms with Crippen molar-refractivity contribution in [2.45, 2.75) is 38.2 Å². The lowest BCUT2D eigenvalue weighted by atomic mass is 9.93. The molecule has 0 saturated carbocycles. The number of amides is 1. The van der Waals surface area contributed by atoms with Crippen molar-refractivity contribution >= 4 is 17.5 Å². The van der Waals surface area contributed by atoms with Crippen LogP contribution < -0.4 is 14.8 Å². The molecule has 1 saturated heterocycles. The van der Waals surface area contributed by atoms with E-state index in [2.05, 4.69) is 20.3 Å². The van der Waals surface area contributed by atoms with Crippen molar-refractivity contribution in [3.63, 3.8) is 0 Å². The van der Waals surface area contributed by atoms with Gasteiger partial charge in [0.1, 0.15) is 23.1 Å². The van der Waals surface area contributed by atoms with E-state index in [1.54, 1.807) is 44.2 Å². The third-order valence-electron chi connectivity index (χ3n) is 5.66. The Morgan fingerprint density at radius 2 is 1.91 bits per heavy atom. The van der Waals surface area contributed by atoms with Crippen molar-refractivity contribution in [3.8, 4) is 11.5 Å². The van der Waals surface area contributed by atoms with Gasteiger partial charge in [-0.1, -0.05) is 13.0 Å². The van der Waals surface area contributed by atoms with E-state index in [-0.39, 0.29) is 11.8 Å². The Labute approximate surface area is 193 Å². The number of anilines is 2. The summed E-state index contributed by atoms with van der Waals surface area (Å²) in [5.41, 5.74) is 0.913. The van der Waals surface area contributed by atoms with E-state index in [0.29, 0.717) is 42.6 Å². The Morgan fingerprint density at radius 3 is 2.64 bits per heavy atom. The Balaban J connectivity index is 1.35. The van der Waals surface area contributed by atoms with E-state index >= 15 is 0 Å². The Hall–Kier alpha value is -3.75. The minimum Gasteiger partial charge on any atom is -0.497 e. The molecule has 1 aromatic carbocycles. The molecule has 1 atom stereocenters. The SMILES string of the molecule is CCC(Oc1cccc(OC)c1)C(=O)N1CCC(c2cncc(Nc3cnccn3)n2)CC1. The van der Waals surface area contributed by atoms with Gasteiger partial charge in [-0.05, 0) is 31.4 Å². The molecule has 1 aliphatic rings. The number of nitrogens with zero attached hydrogens (tertiary/aromatic N) is 5. The van der Waals surface area contributed by atoms with E-state index in [9.17, 15) is 4.79 Å². The van der Waals surface area contributed by atoms with Gasteiger partial charge in [0.05, 0.1) is 25.2 Å². The zero-order valence-electron chi connectivity index (χ0n) is 18.8. The van der Waals surface area contributed by atoms with Crippen LogP contribution >= 0.6 is 0 Å². The second kappa shape index (κ2) is 10.7. The van der Waals surface area contributed by atoms with Gasteiger partial charge < -0.3 is 19.7 Å². The van der Waals surface area contributed by atoms with Crippen LogP contribution in [-0.2, 0) is 4.79 Å². The molecule has 172 valence electrons. The van der Waals surface area contributed by atoms with Crippen LogP contribution in [0.5, 0.6) is 11.5 Å². The fraction of sp³-hybridized carbons (Fsp3) is 0.375. The molecule has 4 rings (SSSR count). The zero-order valence-corrected chi connectivity index (χ0v) is 18.8. The average Bonchev–Trinajstić information content (AvgIpc) is 2.88. The van der Waals surface area contributed by atoms with Gasteiger partial charge in [-0.2, -0.15) is 0 Å². The van der Waals surface area contributed by atoms with Gasteiger partial charge >= 0.3 is 0 Å². The summed E-state index contributed by atoms with van der Waals surface area (Å²) in [6.07, 6.45) is 10.1. The van der Waals surface area contributed by atoms with Crippen molar-refractivity contribution < 1.29 is 14.3 Å². The first-order valence-corrected chi connectivity index (χ1v) is 11.1. The van der Waals surface area contributed by atoms with Crippen molar-refractivity contribution in [1.29, 1.82) is 0 Å². The van der Waals surface area contributed by atoms with Gasteiger partial charge in [0.2, 0.25) is 0 Å². The van der Waals surface area contributed by atoms with E-state index in [1.807, 2.05) is 30.0 Å². The summed E-state index contributed by atoms with van der Waals surface area (Å²) in [4.78, 5) is 32.3. The predicted molar refractivity (Wildman–Crippen MR) is 124 cm³/mol. The lowest BCUT2D eigenvalue weighted by Gasteiger charge is -2.33. The van der Waals surface area contributed by atoms with Crippen LogP contribution in [0.2, 0.25) is 0 Å². The van der Waals surface area contributed by atoms with Crippen molar-refractivity contribution in [1.82, 2.24) is 24.8 Å². The van der Waals surface area contributed by atoms with Crippen LogP contribution in [-0.4, -0.2) is 57.0 Å². The van der Waals surface area contributed by atoms with Gasteiger partial charge in [0.15, 0.2) is 6.10 Å². The van der Waals surface area contributed by atoms with E-state index in [4.69, 9.17) is 14.5 Å². The number of rotatable bonds is 8. The Morgan fingerprint density at radius 1 is 1.12 bits per heavy atom. The average molecular weight is 449 g/mol. The fourth-order valence-electron chi connectivity index (χ4n) is 3.88. The molecule has 0 aliphatic carbocycles. The highest BCUT2D eigenvalue weighted by Gasteiger charge is 2.30. The molecule has 1 fully saturated rings. The summed E-state index contributed by atoms with van der Waals surface area (Å²) >= 11 is 0. The highest BCUT2D eigenvalue weighted by molar-refractivity contribution is 5.81. The molecule has 1 N–H and O–H groups in total. The normalized spacial score (nSPS) is 15.0. The number of piperidine rings is 1. The minimum atomic E-state index is -0.520. The smallest absolute Gasteiger partial charge is 0.263 e. The van der Waals surface area contributed by atoms with Crippen LogP contribution in [0.4, 0.5) is 11.6 Å². The summed E-state index contributed by atoms with van der Waals surface area (Å²) < 4.78 is 11.2. The van der Waals surface area contributed by atoms with Crippen molar-refractivity contribution in [3.05, 3.63) is 60.9 Å². The first kappa shape index (κ1) is 22.4. The topological polar surface area (TPSA) is 102 Å². The van der Waals surface area contributed by atoms with Crippen LogP contribution in [0.1, 0.15) is 37.8 Å². The van der Waals surface area contributed by atoms with Crippen LogP contribution in [0, 0.1) is 0 Å². The number of methoxy groups -OCH3 is 1. The van der Waals surface area contributed by atoms with Crippen LogP contribution in [0.25, 0.3) is 0 Å². The number of nitrogens with one attached hydrogen (secondary N) is 1. The standard InChI is InChI=1S/C24H28N6O3/c1-3-21(33-19-6-4-5-18(13-19)32-2)24(31)30-11-7-17(8-12-30)20-14-26-16-23(28-20)29-22-15-25-9-10-27-22/h4-6,9-10,13-17,21H,3,7-8,11-12H2,1-2H3,(H,27,28,29). The first-order valence-electron chi connectivity index (χ1n) is 11.1. The predicted octanol–water partition coefficient (Wildman–Crippen LogP) is 3.58. The van der Waals surface area contributed by atoms with E-state index in [0.717, 1.165) is 18.5 Å². The van der Waals surface area contributed by atoms with Crippen molar-refractivity contribution in [2.24, 2.45) is 0 Å². The number of carbonyl (C=O) groups is 1. The summed E-state index contributed by atoms with van der Waals surface area (Å²) in [5.74, 6) is 2.84. The molecule has 1 aliphatic heterocycles. The monoisotopic (exact) mass is 448 g/mol. The molecular weight excluding hydrogens is 420 g/mol. The summed E-state index contributed by atoms with van der Waals surface area (Å²) in [5, 5.41) is 3.13. The lowest BCUT2D eigenvalue weighted by Crippen LogP contribution is -2.45. The lowest BCUT2D eigenvalue weighted by molar-refractivity contribution is -0.140. The molecule has 33 heavy (non-hydrogen) atoms. The van der Waals surface area contributed by atoms with E-state index < -0.39 is 6.10 Å². The first-order chi connectivity index (χ1) is 16.2. The van der Waals surface area contributed by atoms with Gasteiger partial charge in [0, 0.05) is 43.7 Å². The van der Waals surface area contributed by atoms with Gasteiger partial charge in [-0.25, -0.2) is 9.97 Å². The Kier molecular flexibility index (Phi) is 7.29. The maximum atomic E-state index is 13.1. The van der Waals surface area contributed by atoms with Crippen LogP contribution in [0.15, 0.2) is 55.2 Å². The minimum absolute atomic E-state index is 0.0166. The van der Waals surface area contributed by atoms with Gasteiger partial charge in [0.25, 0.3) is 5.91 Å². The number of carbonyl (C=O) groups excluding carboxylic acids is 1. The molecule has 2 aromatic heterocycles. The highest BCUT2D eigenvalue weighted by atomic mass is 16.5. The second-order valence-electron chi connectivity index (χ2n) is 7.84. The molecule has 0 radical (unpaired) electrons. The largest absolute Gasteiger partial charge is 0.497 e. The van der Waals surface area contributed by atoms with E-state index in [1.165, 1.54) is 0 Å². The fourth-order valence-corrected chi connectivity index (χ4v) is 3.88. The number of ether oxygens (including phenoxy) is 2. The summed E-state index contributed by atoms with van der Waals surface area (Å²) in [6, 6.07) is 7.33. The molecule has 0 spiro atoms. The number of benzene rings is 1. The molecule has 9 nitrogen and oxygen atoms in total. The molecular formula is C24H28N6O3. The highest BCUT2D eigenvalue weighted by Crippen LogP contribution is 2.28. The summed E-state index contributed by atoms with van der Waals surface area (Å²) in [6.45, 7) is 3.27. The van der Waals surface area contributed by atoms with Crippen LogP contribution in [0.3, 0.4) is 0 Å². The quantitative estimate of drug-likeness (QED) is 0.558. The third-order valence-corrected chi connectivity index (χ3v) is 5.66. The second-order valence-corrected chi connectivity index (χ2v) is 7.84. The third kappa shape index (κ3) is 5.74. The zero-order chi connectivity index (χ0) is 23.0. The molecule has 3 aromatic rings. The molecule has 1 unspecified atom stereocenters. The molecule has 3 heterocycles. The molecule has 1 amide bonds. The van der Waals surface area contributed by atoms with Gasteiger partial charge in [-0.15, -0.1) is 0 Å². The molecule has 0 bridgehead atoms.